The molecule has 2 aromatic carbocycles. The van der Waals surface area contributed by atoms with Gasteiger partial charge in [-0.05, 0) is 29.7 Å². The zero-order chi connectivity index (χ0) is 13.9. The van der Waals surface area contributed by atoms with Gasteiger partial charge in [0, 0.05) is 12.5 Å². The van der Waals surface area contributed by atoms with Crippen molar-refractivity contribution >= 4 is 5.69 Å². The Morgan fingerprint density at radius 1 is 1.15 bits per heavy atom. The van der Waals surface area contributed by atoms with Crippen LogP contribution in [0.4, 0.5) is 5.69 Å². The Labute approximate surface area is 119 Å². The Morgan fingerprint density at radius 2 is 1.90 bits per heavy atom. The van der Waals surface area contributed by atoms with Crippen molar-refractivity contribution in [1.82, 2.24) is 0 Å². The molecule has 104 valence electrons. The number of rotatable bonds is 3. The zero-order valence-corrected chi connectivity index (χ0v) is 11.6. The summed E-state index contributed by atoms with van der Waals surface area (Å²) in [5.41, 5.74) is 3.57. The number of hydrogen-bond donors (Lipinski definition) is 2. The quantitative estimate of drug-likeness (QED) is 0.839. The van der Waals surface area contributed by atoms with Crippen LogP contribution in [0.3, 0.4) is 0 Å². The zero-order valence-electron chi connectivity index (χ0n) is 11.6. The highest BCUT2D eigenvalue weighted by atomic mass is 16.5. The van der Waals surface area contributed by atoms with Crippen LogP contribution >= 0.6 is 0 Å². The van der Waals surface area contributed by atoms with Crippen LogP contribution in [0.5, 0.6) is 11.5 Å². The van der Waals surface area contributed by atoms with E-state index in [-0.39, 0.29) is 11.9 Å². The number of benzene rings is 2. The molecule has 0 aliphatic carbocycles. The lowest BCUT2D eigenvalue weighted by molar-refractivity contribution is 0.205. The summed E-state index contributed by atoms with van der Waals surface area (Å²) in [6.45, 7) is 2.94. The van der Waals surface area contributed by atoms with Crippen LogP contribution in [0, 0.1) is 0 Å². The highest BCUT2D eigenvalue weighted by molar-refractivity contribution is 5.60. The third kappa shape index (κ3) is 2.72. The standard InChI is InChI=1S/C17H19NO2/c1-2-12-3-5-13(6-4-12)9-15-11-18-16-8-7-14(19)10-17(16)20-15/h3-8,10,15,18-19H,2,9,11H2,1H3. The molecular formula is C17H19NO2. The Bertz CT molecular complexity index is 592. The van der Waals surface area contributed by atoms with E-state index in [1.807, 2.05) is 6.07 Å². The summed E-state index contributed by atoms with van der Waals surface area (Å²) in [5, 5.41) is 12.9. The lowest BCUT2D eigenvalue weighted by Gasteiger charge is -2.27. The minimum atomic E-state index is 0.0942. The third-order valence-electron chi connectivity index (χ3n) is 3.67. The number of anilines is 1. The molecule has 1 aliphatic heterocycles. The van der Waals surface area contributed by atoms with Gasteiger partial charge >= 0.3 is 0 Å². The highest BCUT2D eigenvalue weighted by Crippen LogP contribution is 2.32. The number of hydrogen-bond acceptors (Lipinski definition) is 3. The highest BCUT2D eigenvalue weighted by Gasteiger charge is 2.19. The van der Waals surface area contributed by atoms with Crippen molar-refractivity contribution in [3.8, 4) is 11.5 Å². The van der Waals surface area contributed by atoms with Gasteiger partial charge < -0.3 is 15.2 Å². The van der Waals surface area contributed by atoms with Crippen LogP contribution < -0.4 is 10.1 Å². The molecule has 0 saturated carbocycles. The first-order valence-corrected chi connectivity index (χ1v) is 7.06. The van der Waals surface area contributed by atoms with Crippen LogP contribution in [-0.2, 0) is 12.8 Å². The molecular weight excluding hydrogens is 250 g/mol. The third-order valence-corrected chi connectivity index (χ3v) is 3.67. The molecule has 1 heterocycles. The van der Waals surface area contributed by atoms with Gasteiger partial charge in [0.15, 0.2) is 0 Å². The molecule has 0 spiro atoms. The molecule has 0 aromatic heterocycles. The number of ether oxygens (including phenoxy) is 1. The van der Waals surface area contributed by atoms with Gasteiger partial charge in [0.05, 0.1) is 12.2 Å². The van der Waals surface area contributed by atoms with Crippen LogP contribution in [0.2, 0.25) is 0 Å². The topological polar surface area (TPSA) is 41.5 Å². The maximum absolute atomic E-state index is 9.51. The summed E-state index contributed by atoms with van der Waals surface area (Å²) in [4.78, 5) is 0. The van der Waals surface area contributed by atoms with Crippen LogP contribution in [0.1, 0.15) is 18.1 Å². The van der Waals surface area contributed by atoms with E-state index in [0.717, 1.165) is 30.8 Å². The van der Waals surface area contributed by atoms with Gasteiger partial charge in [-0.3, -0.25) is 0 Å². The minimum Gasteiger partial charge on any atom is -0.508 e. The first kappa shape index (κ1) is 12.9. The van der Waals surface area contributed by atoms with E-state index in [0.29, 0.717) is 0 Å². The predicted molar refractivity (Wildman–Crippen MR) is 80.5 cm³/mol. The average Bonchev–Trinajstić information content (AvgIpc) is 2.47. The van der Waals surface area contributed by atoms with E-state index in [2.05, 4.69) is 36.5 Å². The molecule has 0 fully saturated rings. The Kier molecular flexibility index (Phi) is 3.50. The van der Waals surface area contributed by atoms with Crippen LogP contribution in [-0.4, -0.2) is 17.8 Å². The number of phenolic OH excluding ortho intramolecular Hbond substituents is 1. The number of aryl methyl sites for hydroxylation is 1. The molecule has 3 heteroatoms. The largest absolute Gasteiger partial charge is 0.508 e. The van der Waals surface area contributed by atoms with E-state index in [1.54, 1.807) is 12.1 Å². The predicted octanol–water partition coefficient (Wildman–Crippen LogP) is 3.37. The van der Waals surface area contributed by atoms with E-state index >= 15 is 0 Å². The first-order valence-electron chi connectivity index (χ1n) is 7.06. The number of fused-ring (bicyclic) bond motifs is 1. The Balaban J connectivity index is 1.70. The van der Waals surface area contributed by atoms with Crippen molar-refractivity contribution in [3.63, 3.8) is 0 Å². The minimum absolute atomic E-state index is 0.0942. The van der Waals surface area contributed by atoms with Crippen molar-refractivity contribution < 1.29 is 9.84 Å². The van der Waals surface area contributed by atoms with Gasteiger partial charge in [-0.2, -0.15) is 0 Å². The molecule has 0 amide bonds. The fourth-order valence-electron chi connectivity index (χ4n) is 2.49. The molecule has 2 aromatic rings. The second kappa shape index (κ2) is 5.45. The average molecular weight is 269 g/mol. The molecule has 0 bridgehead atoms. The SMILES string of the molecule is CCc1ccc(CC2CNc3ccc(O)cc3O2)cc1. The van der Waals surface area contributed by atoms with Gasteiger partial charge in [0.25, 0.3) is 0 Å². The first-order chi connectivity index (χ1) is 9.74. The normalized spacial score (nSPS) is 16.9. The fraction of sp³-hybridized carbons (Fsp3) is 0.294. The van der Waals surface area contributed by atoms with Crippen molar-refractivity contribution in [3.05, 3.63) is 53.6 Å². The molecule has 1 atom stereocenters. The molecule has 1 unspecified atom stereocenters. The summed E-state index contributed by atoms with van der Waals surface area (Å²) in [6.07, 6.45) is 2.03. The van der Waals surface area contributed by atoms with Gasteiger partial charge in [-0.1, -0.05) is 31.2 Å². The summed E-state index contributed by atoms with van der Waals surface area (Å²) in [5.74, 6) is 0.963. The maximum Gasteiger partial charge on any atom is 0.146 e. The molecule has 20 heavy (non-hydrogen) atoms. The molecule has 0 radical (unpaired) electrons. The van der Waals surface area contributed by atoms with Crippen molar-refractivity contribution in [1.29, 1.82) is 0 Å². The number of aromatic hydroxyl groups is 1. The molecule has 0 saturated heterocycles. The maximum atomic E-state index is 9.51. The number of phenols is 1. The Morgan fingerprint density at radius 3 is 2.65 bits per heavy atom. The van der Waals surface area contributed by atoms with Crippen molar-refractivity contribution in [2.75, 3.05) is 11.9 Å². The van der Waals surface area contributed by atoms with Gasteiger partial charge in [0.1, 0.15) is 17.6 Å². The van der Waals surface area contributed by atoms with E-state index in [9.17, 15) is 5.11 Å². The van der Waals surface area contributed by atoms with Gasteiger partial charge in [0.2, 0.25) is 0 Å². The lowest BCUT2D eigenvalue weighted by Crippen LogP contribution is -2.32. The Hall–Kier alpha value is -2.16. The molecule has 3 rings (SSSR count). The van der Waals surface area contributed by atoms with E-state index < -0.39 is 0 Å². The molecule has 1 aliphatic rings. The summed E-state index contributed by atoms with van der Waals surface area (Å²) < 4.78 is 5.95. The second-order valence-electron chi connectivity index (χ2n) is 5.18. The smallest absolute Gasteiger partial charge is 0.146 e. The number of nitrogens with one attached hydrogen (secondary N) is 1. The lowest BCUT2D eigenvalue weighted by atomic mass is 10.0. The summed E-state index contributed by atoms with van der Waals surface area (Å²) in [7, 11) is 0. The molecule has 3 nitrogen and oxygen atoms in total. The summed E-state index contributed by atoms with van der Waals surface area (Å²) in [6, 6.07) is 13.8. The van der Waals surface area contributed by atoms with Crippen LogP contribution in [0.15, 0.2) is 42.5 Å². The summed E-state index contributed by atoms with van der Waals surface area (Å²) >= 11 is 0. The second-order valence-corrected chi connectivity index (χ2v) is 5.18. The van der Waals surface area contributed by atoms with E-state index in [4.69, 9.17) is 4.74 Å². The van der Waals surface area contributed by atoms with Gasteiger partial charge in [-0.25, -0.2) is 0 Å². The van der Waals surface area contributed by atoms with Gasteiger partial charge in [-0.15, -0.1) is 0 Å². The molecule has 2 N–H and O–H groups in total. The van der Waals surface area contributed by atoms with Crippen LogP contribution in [0.25, 0.3) is 0 Å². The van der Waals surface area contributed by atoms with Crippen molar-refractivity contribution in [2.45, 2.75) is 25.9 Å². The van der Waals surface area contributed by atoms with E-state index in [1.165, 1.54) is 11.1 Å². The monoisotopic (exact) mass is 269 g/mol. The fourth-order valence-corrected chi connectivity index (χ4v) is 2.49. The van der Waals surface area contributed by atoms with Crippen molar-refractivity contribution in [2.24, 2.45) is 0 Å².